The molecule has 7 nitrogen and oxygen atoms in total. The number of amides is 2. The van der Waals surface area contributed by atoms with Gasteiger partial charge in [0.2, 0.25) is 11.8 Å². The van der Waals surface area contributed by atoms with Crippen LogP contribution in [0.1, 0.15) is 36.1 Å². The van der Waals surface area contributed by atoms with Gasteiger partial charge in [-0.2, -0.15) is 5.26 Å². The second-order valence-corrected chi connectivity index (χ2v) is 6.78. The smallest absolute Gasteiger partial charge is 0.228 e. The van der Waals surface area contributed by atoms with Gasteiger partial charge in [0.25, 0.3) is 0 Å². The van der Waals surface area contributed by atoms with E-state index >= 15 is 0 Å². The number of aromatic nitrogens is 1. The standard InChI is InChI=1S/C20H22N4O3/c1-14-12-18(23-27-14)22-20(26)17-8-10-24(11-9-17)19(25)7-6-15-2-4-16(13-21)5-3-15/h2-5,12,17H,6-11H2,1H3,(H,22,23,26). The maximum Gasteiger partial charge on any atom is 0.228 e. The minimum atomic E-state index is -0.121. The molecule has 0 aliphatic carbocycles. The molecular formula is C20H22N4O3. The van der Waals surface area contributed by atoms with Crippen molar-refractivity contribution in [1.82, 2.24) is 10.1 Å². The van der Waals surface area contributed by atoms with Crippen molar-refractivity contribution in [3.05, 3.63) is 47.2 Å². The molecule has 0 bridgehead atoms. The summed E-state index contributed by atoms with van der Waals surface area (Å²) in [7, 11) is 0. The number of nitrogens with zero attached hydrogens (tertiary/aromatic N) is 3. The summed E-state index contributed by atoms with van der Waals surface area (Å²) in [6.45, 7) is 2.94. The van der Waals surface area contributed by atoms with E-state index in [4.69, 9.17) is 9.78 Å². The van der Waals surface area contributed by atoms with E-state index in [2.05, 4.69) is 16.5 Å². The Bertz CT molecular complexity index is 843. The molecule has 1 aliphatic heterocycles. The van der Waals surface area contributed by atoms with Crippen LogP contribution in [0.25, 0.3) is 0 Å². The van der Waals surface area contributed by atoms with Gasteiger partial charge < -0.3 is 14.7 Å². The molecule has 7 heteroatoms. The molecule has 1 aromatic carbocycles. The van der Waals surface area contributed by atoms with Crippen molar-refractivity contribution in [2.24, 2.45) is 5.92 Å². The number of hydrogen-bond donors (Lipinski definition) is 1. The summed E-state index contributed by atoms with van der Waals surface area (Å²) in [4.78, 5) is 26.5. The number of anilines is 1. The van der Waals surface area contributed by atoms with Gasteiger partial charge in [-0.25, -0.2) is 0 Å². The van der Waals surface area contributed by atoms with E-state index in [9.17, 15) is 9.59 Å². The first-order valence-electron chi connectivity index (χ1n) is 9.06. The summed E-state index contributed by atoms with van der Waals surface area (Å²) in [5.74, 6) is 0.981. The quantitative estimate of drug-likeness (QED) is 0.877. The van der Waals surface area contributed by atoms with Gasteiger partial charge in [-0.3, -0.25) is 9.59 Å². The van der Waals surface area contributed by atoms with Gasteiger partial charge in [0.05, 0.1) is 11.6 Å². The molecule has 0 radical (unpaired) electrons. The highest BCUT2D eigenvalue weighted by Gasteiger charge is 2.27. The predicted octanol–water partition coefficient (Wildman–Crippen LogP) is 2.66. The Morgan fingerprint density at radius 3 is 2.59 bits per heavy atom. The second kappa shape index (κ2) is 8.49. The molecule has 2 amide bonds. The van der Waals surface area contributed by atoms with Crippen molar-refractivity contribution >= 4 is 17.6 Å². The van der Waals surface area contributed by atoms with E-state index in [0.29, 0.717) is 55.9 Å². The first-order valence-corrected chi connectivity index (χ1v) is 9.06. The first-order chi connectivity index (χ1) is 13.0. The van der Waals surface area contributed by atoms with Gasteiger partial charge in [0, 0.05) is 31.5 Å². The maximum atomic E-state index is 12.4. The summed E-state index contributed by atoms with van der Waals surface area (Å²) >= 11 is 0. The van der Waals surface area contributed by atoms with E-state index in [1.807, 2.05) is 17.0 Å². The SMILES string of the molecule is Cc1cc(NC(=O)C2CCN(C(=O)CCc3ccc(C#N)cc3)CC2)no1. The summed E-state index contributed by atoms with van der Waals surface area (Å²) in [6.07, 6.45) is 2.37. The number of hydrogen-bond acceptors (Lipinski definition) is 5. The molecular weight excluding hydrogens is 344 g/mol. The molecule has 1 aromatic heterocycles. The lowest BCUT2D eigenvalue weighted by Crippen LogP contribution is -2.41. The lowest BCUT2D eigenvalue weighted by Gasteiger charge is -2.31. The van der Waals surface area contributed by atoms with Gasteiger partial charge in [0.1, 0.15) is 5.76 Å². The van der Waals surface area contributed by atoms with E-state index in [0.717, 1.165) is 5.56 Å². The molecule has 1 fully saturated rings. The van der Waals surface area contributed by atoms with Gasteiger partial charge in [0.15, 0.2) is 5.82 Å². The van der Waals surface area contributed by atoms with Gasteiger partial charge >= 0.3 is 0 Å². The number of nitriles is 1. The monoisotopic (exact) mass is 366 g/mol. The van der Waals surface area contributed by atoms with Crippen LogP contribution in [-0.2, 0) is 16.0 Å². The largest absolute Gasteiger partial charge is 0.360 e. The summed E-state index contributed by atoms with van der Waals surface area (Å²) < 4.78 is 4.94. The number of carbonyl (C=O) groups is 2. The van der Waals surface area contributed by atoms with Crippen LogP contribution in [0.15, 0.2) is 34.9 Å². The Morgan fingerprint density at radius 2 is 2.00 bits per heavy atom. The van der Waals surface area contributed by atoms with Crippen LogP contribution in [0, 0.1) is 24.2 Å². The minimum absolute atomic E-state index is 0.0759. The number of aryl methyl sites for hydroxylation is 2. The van der Waals surface area contributed by atoms with Gasteiger partial charge in [-0.15, -0.1) is 0 Å². The van der Waals surface area contributed by atoms with Crippen molar-refractivity contribution < 1.29 is 14.1 Å². The Labute approximate surface area is 157 Å². The second-order valence-electron chi connectivity index (χ2n) is 6.78. The summed E-state index contributed by atoms with van der Waals surface area (Å²) in [5.41, 5.74) is 1.66. The van der Waals surface area contributed by atoms with E-state index in [1.54, 1.807) is 25.1 Å². The predicted molar refractivity (Wildman–Crippen MR) is 98.7 cm³/mol. The normalized spacial score (nSPS) is 14.6. The van der Waals surface area contributed by atoms with Crippen molar-refractivity contribution in [3.8, 4) is 6.07 Å². The minimum Gasteiger partial charge on any atom is -0.360 e. The van der Waals surface area contributed by atoms with Gasteiger partial charge in [-0.05, 0) is 43.9 Å². The number of carbonyl (C=O) groups excluding carboxylic acids is 2. The van der Waals surface area contributed by atoms with E-state index in [-0.39, 0.29) is 17.7 Å². The third-order valence-corrected chi connectivity index (χ3v) is 4.81. The van der Waals surface area contributed by atoms with Crippen molar-refractivity contribution in [1.29, 1.82) is 5.26 Å². The van der Waals surface area contributed by atoms with Crippen LogP contribution in [0.2, 0.25) is 0 Å². The Balaban J connectivity index is 1.43. The zero-order chi connectivity index (χ0) is 19.2. The third kappa shape index (κ3) is 4.94. The van der Waals surface area contributed by atoms with Gasteiger partial charge in [-0.1, -0.05) is 17.3 Å². The molecule has 0 unspecified atom stereocenters. The number of rotatable bonds is 5. The fourth-order valence-electron chi connectivity index (χ4n) is 3.20. The zero-order valence-electron chi connectivity index (χ0n) is 15.3. The van der Waals surface area contributed by atoms with Crippen molar-refractivity contribution in [2.45, 2.75) is 32.6 Å². The molecule has 2 heterocycles. The third-order valence-electron chi connectivity index (χ3n) is 4.81. The lowest BCUT2D eigenvalue weighted by atomic mass is 9.95. The van der Waals surface area contributed by atoms with Crippen LogP contribution in [-0.4, -0.2) is 35.0 Å². The zero-order valence-corrected chi connectivity index (χ0v) is 15.3. The molecule has 0 atom stereocenters. The molecule has 0 saturated carbocycles. The average Bonchev–Trinajstić information content (AvgIpc) is 3.11. The van der Waals surface area contributed by atoms with E-state index in [1.165, 1.54) is 0 Å². The highest BCUT2D eigenvalue weighted by Crippen LogP contribution is 2.20. The average molecular weight is 366 g/mol. The summed E-state index contributed by atoms with van der Waals surface area (Å²) in [6, 6.07) is 11.1. The first kappa shape index (κ1) is 18.6. The molecule has 3 rings (SSSR count). The van der Waals surface area contributed by atoms with Crippen molar-refractivity contribution in [2.75, 3.05) is 18.4 Å². The lowest BCUT2D eigenvalue weighted by molar-refractivity contribution is -0.134. The molecule has 27 heavy (non-hydrogen) atoms. The number of benzene rings is 1. The Hall–Kier alpha value is -3.14. The van der Waals surface area contributed by atoms with Crippen LogP contribution < -0.4 is 5.32 Å². The van der Waals surface area contributed by atoms with Crippen LogP contribution in [0.3, 0.4) is 0 Å². The number of nitrogens with one attached hydrogen (secondary N) is 1. The van der Waals surface area contributed by atoms with Crippen LogP contribution in [0.4, 0.5) is 5.82 Å². The summed E-state index contributed by atoms with van der Waals surface area (Å²) in [5, 5.41) is 15.3. The Kier molecular flexibility index (Phi) is 5.87. The molecule has 140 valence electrons. The highest BCUT2D eigenvalue weighted by atomic mass is 16.5. The molecule has 1 saturated heterocycles. The van der Waals surface area contributed by atoms with Crippen LogP contribution >= 0.6 is 0 Å². The van der Waals surface area contributed by atoms with E-state index < -0.39 is 0 Å². The number of likely N-dealkylation sites (tertiary alicyclic amines) is 1. The number of piperidine rings is 1. The maximum absolute atomic E-state index is 12.4. The molecule has 1 aliphatic rings. The fraction of sp³-hybridized carbons (Fsp3) is 0.400. The Morgan fingerprint density at radius 1 is 1.30 bits per heavy atom. The van der Waals surface area contributed by atoms with Crippen molar-refractivity contribution in [3.63, 3.8) is 0 Å². The highest BCUT2D eigenvalue weighted by molar-refractivity contribution is 5.91. The molecule has 0 spiro atoms. The molecule has 1 N–H and O–H groups in total. The topological polar surface area (TPSA) is 99.2 Å². The van der Waals surface area contributed by atoms with Crippen LogP contribution in [0.5, 0.6) is 0 Å². The molecule has 2 aromatic rings. The fourth-order valence-corrected chi connectivity index (χ4v) is 3.20.